The number of rotatable bonds is 6. The Balaban J connectivity index is 0.00000264. The average Bonchev–Trinajstić information content (AvgIpc) is 2.54. The van der Waals surface area contributed by atoms with Crippen LogP contribution in [-0.2, 0) is 11.3 Å². The summed E-state index contributed by atoms with van der Waals surface area (Å²) in [6.07, 6.45) is 2.21. The van der Waals surface area contributed by atoms with Crippen LogP contribution in [0, 0.1) is 5.92 Å². The molecule has 2 unspecified atom stereocenters. The van der Waals surface area contributed by atoms with Crippen molar-refractivity contribution >= 4 is 18.3 Å². The van der Waals surface area contributed by atoms with E-state index in [1.54, 1.807) is 7.11 Å². The van der Waals surface area contributed by atoms with Crippen LogP contribution < -0.4 is 15.8 Å². The lowest BCUT2D eigenvalue weighted by Crippen LogP contribution is -2.50. The molecule has 1 saturated heterocycles. The number of hydrogen-bond donors (Lipinski definition) is 2. The Bertz CT molecular complexity index is 498. The third kappa shape index (κ3) is 5.68. The third-order valence-corrected chi connectivity index (χ3v) is 4.39. The molecule has 0 radical (unpaired) electrons. The summed E-state index contributed by atoms with van der Waals surface area (Å²) in [6.45, 7) is 4.72. The molecule has 23 heavy (non-hydrogen) atoms. The molecule has 1 aromatic carbocycles. The highest BCUT2D eigenvalue weighted by atomic mass is 35.5. The van der Waals surface area contributed by atoms with E-state index in [9.17, 15) is 4.79 Å². The van der Waals surface area contributed by atoms with E-state index in [4.69, 9.17) is 10.5 Å². The lowest BCUT2D eigenvalue weighted by Gasteiger charge is -2.37. The molecule has 3 N–H and O–H groups in total. The number of halogens is 1. The van der Waals surface area contributed by atoms with Crippen molar-refractivity contribution in [1.82, 2.24) is 10.2 Å². The van der Waals surface area contributed by atoms with Crippen molar-refractivity contribution in [2.45, 2.75) is 32.4 Å². The van der Waals surface area contributed by atoms with Crippen molar-refractivity contribution in [2.24, 2.45) is 11.7 Å². The smallest absolute Gasteiger partial charge is 0.234 e. The Labute approximate surface area is 145 Å². The van der Waals surface area contributed by atoms with Gasteiger partial charge in [0.1, 0.15) is 5.75 Å². The Morgan fingerprint density at radius 2 is 2.17 bits per heavy atom. The van der Waals surface area contributed by atoms with Gasteiger partial charge in [-0.2, -0.15) is 0 Å². The fraction of sp³-hybridized carbons (Fsp3) is 0.588. The molecule has 0 spiro atoms. The SMILES string of the molecule is COc1ccccc1CNC(=O)CN1CCC(C)CC1CN.Cl. The fourth-order valence-corrected chi connectivity index (χ4v) is 3.04. The zero-order chi connectivity index (χ0) is 15.9. The summed E-state index contributed by atoms with van der Waals surface area (Å²) in [5.41, 5.74) is 6.83. The number of carbonyl (C=O) groups is 1. The van der Waals surface area contributed by atoms with Gasteiger partial charge >= 0.3 is 0 Å². The zero-order valence-corrected chi connectivity index (χ0v) is 14.8. The molecule has 5 nitrogen and oxygen atoms in total. The number of benzene rings is 1. The Kier molecular flexibility index (Phi) is 8.37. The van der Waals surface area contributed by atoms with Crippen LogP contribution in [0.15, 0.2) is 24.3 Å². The second-order valence-corrected chi connectivity index (χ2v) is 6.08. The highest BCUT2D eigenvalue weighted by Gasteiger charge is 2.26. The van der Waals surface area contributed by atoms with E-state index in [0.29, 0.717) is 31.6 Å². The van der Waals surface area contributed by atoms with Gasteiger partial charge in [0.2, 0.25) is 5.91 Å². The number of nitrogens with zero attached hydrogens (tertiary/aromatic N) is 1. The minimum absolute atomic E-state index is 0. The molecule has 6 heteroatoms. The molecule has 1 fully saturated rings. The number of para-hydroxylation sites is 1. The van der Waals surface area contributed by atoms with Crippen molar-refractivity contribution in [1.29, 1.82) is 0 Å². The summed E-state index contributed by atoms with van der Waals surface area (Å²) in [5.74, 6) is 1.54. The molecule has 1 aliphatic rings. The van der Waals surface area contributed by atoms with Gasteiger partial charge in [-0.1, -0.05) is 25.1 Å². The van der Waals surface area contributed by atoms with Gasteiger partial charge < -0.3 is 15.8 Å². The molecule has 0 saturated carbocycles. The van der Waals surface area contributed by atoms with Gasteiger partial charge in [0.05, 0.1) is 13.7 Å². The molecule has 0 bridgehead atoms. The number of methoxy groups -OCH3 is 1. The summed E-state index contributed by atoms with van der Waals surface area (Å²) in [6, 6.07) is 8.05. The first kappa shape index (κ1) is 19.7. The molecule has 1 heterocycles. The van der Waals surface area contributed by atoms with Gasteiger partial charge in [0.25, 0.3) is 0 Å². The maximum Gasteiger partial charge on any atom is 0.234 e. The van der Waals surface area contributed by atoms with Crippen LogP contribution in [0.4, 0.5) is 0 Å². The van der Waals surface area contributed by atoms with E-state index >= 15 is 0 Å². The van der Waals surface area contributed by atoms with E-state index in [1.165, 1.54) is 0 Å². The topological polar surface area (TPSA) is 67.6 Å². The van der Waals surface area contributed by atoms with Crippen LogP contribution in [0.2, 0.25) is 0 Å². The first-order valence-electron chi connectivity index (χ1n) is 7.96. The van der Waals surface area contributed by atoms with Crippen molar-refractivity contribution in [3.05, 3.63) is 29.8 Å². The van der Waals surface area contributed by atoms with Crippen LogP contribution in [0.3, 0.4) is 0 Å². The summed E-state index contributed by atoms with van der Waals surface area (Å²) >= 11 is 0. The summed E-state index contributed by atoms with van der Waals surface area (Å²) < 4.78 is 5.30. The summed E-state index contributed by atoms with van der Waals surface area (Å²) in [5, 5.41) is 2.98. The Hall–Kier alpha value is -1.30. The summed E-state index contributed by atoms with van der Waals surface area (Å²) in [7, 11) is 1.64. The van der Waals surface area contributed by atoms with E-state index < -0.39 is 0 Å². The lowest BCUT2D eigenvalue weighted by molar-refractivity contribution is -0.123. The number of hydrogen-bond acceptors (Lipinski definition) is 4. The zero-order valence-electron chi connectivity index (χ0n) is 14.0. The van der Waals surface area contributed by atoms with Gasteiger partial charge in [-0.3, -0.25) is 9.69 Å². The fourth-order valence-electron chi connectivity index (χ4n) is 3.04. The van der Waals surface area contributed by atoms with Crippen molar-refractivity contribution in [3.8, 4) is 5.75 Å². The first-order chi connectivity index (χ1) is 10.6. The van der Waals surface area contributed by atoms with Gasteiger partial charge in [-0.25, -0.2) is 0 Å². The van der Waals surface area contributed by atoms with E-state index in [0.717, 1.165) is 30.7 Å². The molecule has 1 aromatic rings. The number of nitrogens with two attached hydrogens (primary N) is 1. The summed E-state index contributed by atoms with van der Waals surface area (Å²) in [4.78, 5) is 14.4. The number of likely N-dealkylation sites (tertiary alicyclic amines) is 1. The highest BCUT2D eigenvalue weighted by Crippen LogP contribution is 2.21. The first-order valence-corrected chi connectivity index (χ1v) is 7.96. The van der Waals surface area contributed by atoms with E-state index in [1.807, 2.05) is 24.3 Å². The van der Waals surface area contributed by atoms with Crippen molar-refractivity contribution in [3.63, 3.8) is 0 Å². The van der Waals surface area contributed by atoms with Crippen molar-refractivity contribution in [2.75, 3.05) is 26.7 Å². The number of ether oxygens (including phenoxy) is 1. The maximum atomic E-state index is 12.2. The van der Waals surface area contributed by atoms with Crippen LogP contribution in [0.1, 0.15) is 25.3 Å². The minimum Gasteiger partial charge on any atom is -0.496 e. The van der Waals surface area contributed by atoms with E-state index in [2.05, 4.69) is 17.1 Å². The monoisotopic (exact) mass is 341 g/mol. The normalized spacial score (nSPS) is 21.3. The lowest BCUT2D eigenvalue weighted by atomic mass is 9.92. The minimum atomic E-state index is 0. The predicted octanol–water partition coefficient (Wildman–Crippen LogP) is 1.79. The number of amides is 1. The van der Waals surface area contributed by atoms with Gasteiger partial charge in [-0.15, -0.1) is 12.4 Å². The number of carbonyl (C=O) groups excluding carboxylic acids is 1. The van der Waals surface area contributed by atoms with Crippen LogP contribution in [-0.4, -0.2) is 43.6 Å². The number of piperidine rings is 1. The van der Waals surface area contributed by atoms with Gasteiger partial charge in [0.15, 0.2) is 0 Å². The van der Waals surface area contributed by atoms with Crippen LogP contribution in [0.5, 0.6) is 5.75 Å². The molecule has 1 aliphatic heterocycles. The Morgan fingerprint density at radius 3 is 2.87 bits per heavy atom. The van der Waals surface area contributed by atoms with Crippen LogP contribution in [0.25, 0.3) is 0 Å². The molecule has 130 valence electrons. The molecule has 2 rings (SSSR count). The third-order valence-electron chi connectivity index (χ3n) is 4.39. The molecule has 0 aliphatic carbocycles. The Morgan fingerprint density at radius 1 is 1.43 bits per heavy atom. The highest BCUT2D eigenvalue weighted by molar-refractivity contribution is 5.85. The van der Waals surface area contributed by atoms with Gasteiger partial charge in [0, 0.05) is 24.7 Å². The predicted molar refractivity (Wildman–Crippen MR) is 94.9 cm³/mol. The van der Waals surface area contributed by atoms with E-state index in [-0.39, 0.29) is 18.3 Å². The standard InChI is InChI=1S/C17H27N3O2.ClH/c1-13-7-8-20(15(9-13)10-18)12-17(21)19-11-14-5-3-4-6-16(14)22-2;/h3-6,13,15H,7-12,18H2,1-2H3,(H,19,21);1H. The van der Waals surface area contributed by atoms with Crippen LogP contribution >= 0.6 is 12.4 Å². The quantitative estimate of drug-likeness (QED) is 0.827. The largest absolute Gasteiger partial charge is 0.496 e. The molecular formula is C17H28ClN3O2. The molecule has 0 aromatic heterocycles. The molecule has 1 amide bonds. The van der Waals surface area contributed by atoms with Gasteiger partial charge in [-0.05, 0) is 31.4 Å². The second-order valence-electron chi connectivity index (χ2n) is 6.08. The molecular weight excluding hydrogens is 314 g/mol. The van der Waals surface area contributed by atoms with Crippen molar-refractivity contribution < 1.29 is 9.53 Å². The molecule has 2 atom stereocenters. The second kappa shape index (κ2) is 9.75. The maximum absolute atomic E-state index is 12.2. The average molecular weight is 342 g/mol. The number of nitrogens with one attached hydrogen (secondary N) is 1.